The number of rotatable bonds is 2. The van der Waals surface area contributed by atoms with Crippen molar-refractivity contribution in [1.29, 1.82) is 0 Å². The highest BCUT2D eigenvalue weighted by Gasteiger charge is 2.31. The van der Waals surface area contributed by atoms with Crippen LogP contribution in [-0.4, -0.2) is 6.09 Å². The van der Waals surface area contributed by atoms with E-state index in [1.807, 2.05) is 0 Å². The lowest BCUT2D eigenvalue weighted by atomic mass is 10.0. The van der Waals surface area contributed by atoms with E-state index >= 15 is 0 Å². The molecule has 0 atom stereocenters. The van der Waals surface area contributed by atoms with Crippen molar-refractivity contribution >= 4 is 17.7 Å². The Bertz CT molecular complexity index is 686. The van der Waals surface area contributed by atoms with Crippen molar-refractivity contribution in [1.82, 2.24) is 0 Å². The average molecular weight is 316 g/mol. The van der Waals surface area contributed by atoms with Gasteiger partial charge in [-0.05, 0) is 29.8 Å². The zero-order chi connectivity index (χ0) is 15.6. The highest BCUT2D eigenvalue weighted by molar-refractivity contribution is 6.31. The third-order valence-electron chi connectivity index (χ3n) is 2.63. The van der Waals surface area contributed by atoms with E-state index in [1.54, 1.807) is 12.1 Å². The summed E-state index contributed by atoms with van der Waals surface area (Å²) in [5.41, 5.74) is 4.50. The fraction of sp³-hybridized carbons (Fsp3) is 0.0714. The molecule has 0 fully saturated rings. The Hall–Kier alpha value is -2.21. The Labute approximate surface area is 123 Å². The normalized spacial score (nSPS) is 11.2. The molecule has 0 bridgehead atoms. The third-order valence-corrected chi connectivity index (χ3v) is 2.85. The topological polar surface area (TPSA) is 52.3 Å². The molecule has 110 valence electrons. The summed E-state index contributed by atoms with van der Waals surface area (Å²) >= 11 is 5.73. The maximum Gasteiger partial charge on any atom is 0.416 e. The van der Waals surface area contributed by atoms with Crippen LogP contribution in [0.1, 0.15) is 5.56 Å². The molecule has 0 unspecified atom stereocenters. The molecule has 0 heterocycles. The first-order valence-electron chi connectivity index (χ1n) is 5.72. The van der Waals surface area contributed by atoms with Crippen LogP contribution in [0.4, 0.5) is 18.0 Å². The number of benzene rings is 2. The van der Waals surface area contributed by atoms with Crippen LogP contribution in [0.2, 0.25) is 5.02 Å². The van der Waals surface area contributed by atoms with Crippen molar-refractivity contribution in [2.45, 2.75) is 6.18 Å². The highest BCUT2D eigenvalue weighted by atomic mass is 35.5. The number of amides is 1. The highest BCUT2D eigenvalue weighted by Crippen LogP contribution is 2.37. The molecule has 0 aliphatic heterocycles. The summed E-state index contributed by atoms with van der Waals surface area (Å²) in [6, 6.07) is 9.18. The van der Waals surface area contributed by atoms with E-state index in [2.05, 4.69) is 0 Å². The summed E-state index contributed by atoms with van der Waals surface area (Å²) in [7, 11) is 0. The van der Waals surface area contributed by atoms with E-state index in [0.717, 1.165) is 12.1 Å². The number of primary amides is 1. The van der Waals surface area contributed by atoms with Gasteiger partial charge in [0.2, 0.25) is 0 Å². The van der Waals surface area contributed by atoms with E-state index < -0.39 is 17.8 Å². The van der Waals surface area contributed by atoms with Gasteiger partial charge in [0.15, 0.2) is 0 Å². The molecule has 7 heteroatoms. The van der Waals surface area contributed by atoms with Crippen LogP contribution >= 0.6 is 11.6 Å². The Morgan fingerprint density at radius 3 is 2.43 bits per heavy atom. The molecule has 2 aromatic rings. The third kappa shape index (κ3) is 3.66. The number of halogens is 4. The lowest BCUT2D eigenvalue weighted by Crippen LogP contribution is -2.16. The second-order valence-corrected chi connectivity index (χ2v) is 4.58. The lowest BCUT2D eigenvalue weighted by Gasteiger charge is -2.12. The van der Waals surface area contributed by atoms with Gasteiger partial charge in [0.1, 0.15) is 5.75 Å². The first-order valence-corrected chi connectivity index (χ1v) is 6.09. The van der Waals surface area contributed by atoms with Gasteiger partial charge in [-0.2, -0.15) is 13.2 Å². The summed E-state index contributed by atoms with van der Waals surface area (Å²) in [6.07, 6.45) is -5.58. The van der Waals surface area contributed by atoms with Crippen LogP contribution in [0, 0.1) is 0 Å². The Balaban J connectivity index is 2.57. The molecular weight excluding hydrogens is 307 g/mol. The van der Waals surface area contributed by atoms with Crippen molar-refractivity contribution < 1.29 is 22.7 Å². The maximum absolute atomic E-state index is 12.8. The number of hydrogen-bond donors (Lipinski definition) is 1. The number of para-hydroxylation sites is 1. The molecule has 0 aromatic heterocycles. The van der Waals surface area contributed by atoms with Gasteiger partial charge in [-0.3, -0.25) is 0 Å². The largest absolute Gasteiger partial charge is 0.416 e. The maximum atomic E-state index is 12.8. The molecule has 2 N–H and O–H groups in total. The van der Waals surface area contributed by atoms with E-state index in [0.29, 0.717) is 0 Å². The van der Waals surface area contributed by atoms with Gasteiger partial charge in [-0.1, -0.05) is 29.8 Å². The minimum Gasteiger partial charge on any atom is -0.410 e. The van der Waals surface area contributed by atoms with Gasteiger partial charge in [0.05, 0.1) is 5.56 Å². The molecule has 0 spiro atoms. The summed E-state index contributed by atoms with van der Waals surface area (Å²) in [4.78, 5) is 10.8. The summed E-state index contributed by atoms with van der Waals surface area (Å²) in [5, 5.41) is -0.0753. The summed E-state index contributed by atoms with van der Waals surface area (Å²) in [6.45, 7) is 0. The van der Waals surface area contributed by atoms with E-state index in [1.165, 1.54) is 18.2 Å². The quantitative estimate of drug-likeness (QED) is 0.888. The van der Waals surface area contributed by atoms with Crippen LogP contribution in [0.3, 0.4) is 0 Å². The fourth-order valence-corrected chi connectivity index (χ4v) is 2.05. The lowest BCUT2D eigenvalue weighted by molar-refractivity contribution is -0.137. The van der Waals surface area contributed by atoms with E-state index in [-0.39, 0.29) is 21.9 Å². The first-order chi connectivity index (χ1) is 9.77. The standard InChI is InChI=1S/C14H9ClF3NO2/c15-10-6-8(5-9(7-10)14(16,17)18)11-3-1-2-4-12(11)21-13(19)20/h1-7H,(H2,19,20). The number of carbonyl (C=O) groups is 1. The number of carbonyl (C=O) groups excluding carboxylic acids is 1. The molecule has 2 rings (SSSR count). The predicted octanol–water partition coefficient (Wildman–Crippen LogP) is 4.48. The fourth-order valence-electron chi connectivity index (χ4n) is 1.81. The molecule has 1 amide bonds. The monoisotopic (exact) mass is 315 g/mol. The Morgan fingerprint density at radius 1 is 1.14 bits per heavy atom. The van der Waals surface area contributed by atoms with Gasteiger partial charge in [-0.25, -0.2) is 4.79 Å². The summed E-state index contributed by atoms with van der Waals surface area (Å²) < 4.78 is 43.2. The minimum absolute atomic E-state index is 0.0559. The van der Waals surface area contributed by atoms with Crippen molar-refractivity contribution in [3.05, 3.63) is 53.1 Å². The predicted molar refractivity (Wildman–Crippen MR) is 72.1 cm³/mol. The molecule has 3 nitrogen and oxygen atoms in total. The first kappa shape index (κ1) is 15.2. The molecule has 0 aliphatic carbocycles. The molecule has 0 radical (unpaired) electrons. The average Bonchev–Trinajstić information content (AvgIpc) is 2.37. The molecule has 21 heavy (non-hydrogen) atoms. The van der Waals surface area contributed by atoms with Crippen LogP contribution in [0.5, 0.6) is 5.75 Å². The molecule has 0 aliphatic rings. The van der Waals surface area contributed by atoms with Crippen molar-refractivity contribution in [2.24, 2.45) is 5.73 Å². The van der Waals surface area contributed by atoms with Gasteiger partial charge in [0, 0.05) is 10.6 Å². The van der Waals surface area contributed by atoms with Crippen LogP contribution < -0.4 is 10.5 Å². The SMILES string of the molecule is NC(=O)Oc1ccccc1-c1cc(Cl)cc(C(F)(F)F)c1. The van der Waals surface area contributed by atoms with Gasteiger partial charge >= 0.3 is 12.3 Å². The van der Waals surface area contributed by atoms with Crippen LogP contribution in [0.25, 0.3) is 11.1 Å². The Kier molecular flexibility index (Phi) is 4.09. The van der Waals surface area contributed by atoms with Crippen LogP contribution in [0.15, 0.2) is 42.5 Å². The molecule has 0 saturated carbocycles. The zero-order valence-electron chi connectivity index (χ0n) is 10.4. The second kappa shape index (κ2) is 5.65. The zero-order valence-corrected chi connectivity index (χ0v) is 11.2. The number of alkyl halides is 3. The number of ether oxygens (including phenoxy) is 1. The number of hydrogen-bond acceptors (Lipinski definition) is 2. The van der Waals surface area contributed by atoms with E-state index in [4.69, 9.17) is 22.1 Å². The van der Waals surface area contributed by atoms with Crippen molar-refractivity contribution in [2.75, 3.05) is 0 Å². The van der Waals surface area contributed by atoms with Gasteiger partial charge < -0.3 is 10.5 Å². The molecule has 0 saturated heterocycles. The van der Waals surface area contributed by atoms with Crippen molar-refractivity contribution in [3.8, 4) is 16.9 Å². The molecule has 2 aromatic carbocycles. The molecular formula is C14H9ClF3NO2. The van der Waals surface area contributed by atoms with Gasteiger partial charge in [0.25, 0.3) is 0 Å². The van der Waals surface area contributed by atoms with Crippen LogP contribution in [-0.2, 0) is 6.18 Å². The minimum atomic E-state index is -4.53. The number of nitrogens with two attached hydrogens (primary N) is 1. The summed E-state index contributed by atoms with van der Waals surface area (Å²) in [5.74, 6) is 0.0559. The second-order valence-electron chi connectivity index (χ2n) is 4.14. The van der Waals surface area contributed by atoms with E-state index in [9.17, 15) is 18.0 Å². The van der Waals surface area contributed by atoms with Gasteiger partial charge in [-0.15, -0.1) is 0 Å². The van der Waals surface area contributed by atoms with Crippen molar-refractivity contribution in [3.63, 3.8) is 0 Å². The smallest absolute Gasteiger partial charge is 0.410 e. The Morgan fingerprint density at radius 2 is 1.81 bits per heavy atom.